The van der Waals surface area contributed by atoms with E-state index in [2.05, 4.69) is 15.6 Å². The Kier molecular flexibility index (Phi) is 7.99. The van der Waals surface area contributed by atoms with Crippen LogP contribution < -0.4 is 15.6 Å². The van der Waals surface area contributed by atoms with Gasteiger partial charge in [-0.25, -0.2) is 8.42 Å². The van der Waals surface area contributed by atoms with Gasteiger partial charge in [0.25, 0.3) is 15.9 Å². The highest BCUT2D eigenvalue weighted by Gasteiger charge is 2.22. The van der Waals surface area contributed by atoms with Gasteiger partial charge in [-0.2, -0.15) is 0 Å². The summed E-state index contributed by atoms with van der Waals surface area (Å²) in [6.07, 6.45) is 1.65. The van der Waals surface area contributed by atoms with Crippen molar-refractivity contribution in [1.82, 2.24) is 15.2 Å². The average Bonchev–Trinajstić information content (AvgIpc) is 2.77. The molecule has 0 aromatic heterocycles. The van der Waals surface area contributed by atoms with Crippen LogP contribution >= 0.6 is 11.6 Å². The fourth-order valence-electron chi connectivity index (χ4n) is 3.50. The van der Waals surface area contributed by atoms with Crippen LogP contribution in [-0.4, -0.2) is 38.7 Å². The van der Waals surface area contributed by atoms with Gasteiger partial charge in [0, 0.05) is 37.1 Å². The molecule has 0 fully saturated rings. The number of anilines is 1. The minimum atomic E-state index is -4.03. The number of nitrogens with one attached hydrogen (secondary N) is 3. The van der Waals surface area contributed by atoms with E-state index in [9.17, 15) is 18.0 Å². The van der Waals surface area contributed by atoms with Gasteiger partial charge in [-0.15, -0.1) is 4.83 Å². The largest absolute Gasteiger partial charge is 0.380 e. The van der Waals surface area contributed by atoms with Crippen molar-refractivity contribution in [2.24, 2.45) is 5.92 Å². The Morgan fingerprint density at radius 3 is 2.67 bits per heavy atom. The molecule has 1 aliphatic heterocycles. The van der Waals surface area contributed by atoms with Gasteiger partial charge >= 0.3 is 0 Å². The number of rotatable bonds is 9. The van der Waals surface area contributed by atoms with Crippen molar-refractivity contribution < 1.29 is 18.0 Å². The van der Waals surface area contributed by atoms with Gasteiger partial charge in [0.1, 0.15) is 4.90 Å². The number of hydrazine groups is 1. The minimum absolute atomic E-state index is 0.000459. The van der Waals surface area contributed by atoms with Crippen LogP contribution in [0, 0.1) is 5.92 Å². The number of hydrogen-bond donors (Lipinski definition) is 3. The van der Waals surface area contributed by atoms with Crippen LogP contribution in [-0.2, 0) is 27.8 Å². The van der Waals surface area contributed by atoms with Crippen LogP contribution in [0.5, 0.6) is 0 Å². The monoisotopic (exact) mass is 492 g/mol. The quantitative estimate of drug-likeness (QED) is 0.465. The fourth-order valence-corrected chi connectivity index (χ4v) is 4.70. The van der Waals surface area contributed by atoms with E-state index in [-0.39, 0.29) is 17.2 Å². The third-order valence-electron chi connectivity index (χ3n) is 5.45. The number of carbonyl (C=O) groups excluding carboxylic acids is 2. The molecule has 1 aliphatic rings. The first kappa shape index (κ1) is 25.0. The molecule has 0 bridgehead atoms. The molecule has 8 nitrogen and oxygen atoms in total. The van der Waals surface area contributed by atoms with E-state index in [1.165, 1.54) is 18.2 Å². The fraction of sp³-hybridized carbons (Fsp3) is 0.391. The Labute approximate surface area is 199 Å². The molecule has 0 saturated heterocycles. The maximum absolute atomic E-state index is 12.8. The number of nitrogens with zero attached hydrogens (tertiary/aromatic N) is 1. The lowest BCUT2D eigenvalue weighted by atomic mass is 9.97. The van der Waals surface area contributed by atoms with Crippen molar-refractivity contribution in [3.05, 3.63) is 58.1 Å². The standard InChI is InChI=1S/C23H29ClN4O4S/c1-15(2)4-9-22(29)26-27-33(31,32)21-8-6-18(24)13-20(21)25-14-16-5-7-19-17(12-16)10-11-28(3)23(19)30/h5-8,12-13,15,25,27H,4,9-11,14H2,1-3H3,(H,26,29). The van der Waals surface area contributed by atoms with Gasteiger partial charge in [-0.1, -0.05) is 37.6 Å². The maximum Gasteiger partial charge on any atom is 0.259 e. The van der Waals surface area contributed by atoms with Gasteiger partial charge in [0.15, 0.2) is 0 Å². The molecule has 0 atom stereocenters. The Morgan fingerprint density at radius 2 is 1.94 bits per heavy atom. The lowest BCUT2D eigenvalue weighted by Crippen LogP contribution is -2.41. The van der Waals surface area contributed by atoms with Crippen LogP contribution in [0.1, 0.15) is 48.2 Å². The topological polar surface area (TPSA) is 108 Å². The van der Waals surface area contributed by atoms with Crippen molar-refractivity contribution in [2.75, 3.05) is 18.9 Å². The molecule has 1 heterocycles. The lowest BCUT2D eigenvalue weighted by Gasteiger charge is -2.25. The number of carbonyl (C=O) groups is 2. The summed E-state index contributed by atoms with van der Waals surface area (Å²) < 4.78 is 25.7. The molecular weight excluding hydrogens is 464 g/mol. The second kappa shape index (κ2) is 10.5. The molecule has 0 spiro atoms. The second-order valence-electron chi connectivity index (χ2n) is 8.55. The Morgan fingerprint density at radius 1 is 1.18 bits per heavy atom. The summed E-state index contributed by atoms with van der Waals surface area (Å²) >= 11 is 6.10. The Balaban J connectivity index is 1.72. The molecule has 2 amide bonds. The highest BCUT2D eigenvalue weighted by molar-refractivity contribution is 7.89. The third kappa shape index (κ3) is 6.46. The molecule has 0 saturated carbocycles. The van der Waals surface area contributed by atoms with Gasteiger partial charge in [0.2, 0.25) is 5.91 Å². The predicted octanol–water partition coefficient (Wildman–Crippen LogP) is 3.33. The zero-order valence-corrected chi connectivity index (χ0v) is 20.5. The van der Waals surface area contributed by atoms with Crippen LogP contribution in [0.15, 0.2) is 41.3 Å². The summed E-state index contributed by atoms with van der Waals surface area (Å²) in [6, 6.07) is 9.98. The van der Waals surface area contributed by atoms with Crippen LogP contribution in [0.25, 0.3) is 0 Å². The minimum Gasteiger partial charge on any atom is -0.380 e. The van der Waals surface area contributed by atoms with E-state index >= 15 is 0 Å². The number of sulfonamides is 1. The zero-order chi connectivity index (χ0) is 24.2. The van der Waals surface area contributed by atoms with Gasteiger partial charge in [0.05, 0.1) is 5.69 Å². The molecule has 0 radical (unpaired) electrons. The first-order chi connectivity index (χ1) is 15.6. The molecular formula is C23H29ClN4O4S. The molecule has 2 aromatic carbocycles. The van der Waals surface area contributed by atoms with Crippen molar-refractivity contribution in [1.29, 1.82) is 0 Å². The molecule has 3 rings (SSSR count). The van der Waals surface area contributed by atoms with E-state index in [1.807, 2.05) is 26.0 Å². The number of hydrogen-bond acceptors (Lipinski definition) is 5. The lowest BCUT2D eigenvalue weighted by molar-refractivity contribution is -0.121. The predicted molar refractivity (Wildman–Crippen MR) is 128 cm³/mol. The molecule has 33 heavy (non-hydrogen) atoms. The highest BCUT2D eigenvalue weighted by Crippen LogP contribution is 2.26. The van der Waals surface area contributed by atoms with E-state index in [1.54, 1.807) is 18.0 Å². The SMILES string of the molecule is CC(C)CCC(=O)NNS(=O)(=O)c1ccc(Cl)cc1NCc1ccc2c(c1)CCN(C)C2=O. The van der Waals surface area contributed by atoms with E-state index in [0.29, 0.717) is 41.7 Å². The maximum atomic E-state index is 12.8. The highest BCUT2D eigenvalue weighted by atomic mass is 35.5. The zero-order valence-electron chi connectivity index (χ0n) is 18.9. The van der Waals surface area contributed by atoms with Crippen molar-refractivity contribution in [3.63, 3.8) is 0 Å². The Bertz CT molecular complexity index is 1150. The summed E-state index contributed by atoms with van der Waals surface area (Å²) in [5, 5.41) is 3.49. The van der Waals surface area contributed by atoms with E-state index in [4.69, 9.17) is 11.6 Å². The average molecular weight is 493 g/mol. The molecule has 2 aromatic rings. The van der Waals surface area contributed by atoms with Gasteiger partial charge in [-0.05, 0) is 54.2 Å². The molecule has 10 heteroatoms. The second-order valence-corrected chi connectivity index (χ2v) is 10.6. The van der Waals surface area contributed by atoms with Crippen molar-refractivity contribution in [3.8, 4) is 0 Å². The number of likely N-dealkylation sites (N-methyl/N-ethyl adjacent to an activating group) is 1. The molecule has 178 valence electrons. The number of amides is 2. The summed E-state index contributed by atoms with van der Waals surface area (Å²) in [7, 11) is -2.25. The normalized spacial score (nSPS) is 13.7. The van der Waals surface area contributed by atoms with E-state index in [0.717, 1.165) is 17.5 Å². The van der Waals surface area contributed by atoms with Gasteiger partial charge in [-0.3, -0.25) is 15.0 Å². The van der Waals surface area contributed by atoms with E-state index < -0.39 is 15.9 Å². The third-order valence-corrected chi connectivity index (χ3v) is 6.99. The van der Waals surface area contributed by atoms with Gasteiger partial charge < -0.3 is 10.2 Å². The number of halogens is 1. The van der Waals surface area contributed by atoms with Crippen molar-refractivity contribution in [2.45, 2.75) is 44.6 Å². The Hall–Kier alpha value is -2.62. The van der Waals surface area contributed by atoms with Crippen LogP contribution in [0.4, 0.5) is 5.69 Å². The molecule has 0 unspecified atom stereocenters. The number of benzene rings is 2. The molecule has 0 aliphatic carbocycles. The number of fused-ring (bicyclic) bond motifs is 1. The summed E-state index contributed by atoms with van der Waals surface area (Å²) in [4.78, 5) is 28.0. The molecule has 3 N–H and O–H groups in total. The van der Waals surface area contributed by atoms with Crippen LogP contribution in [0.3, 0.4) is 0 Å². The smallest absolute Gasteiger partial charge is 0.259 e. The summed E-state index contributed by atoms with van der Waals surface area (Å²) in [5.74, 6) is -0.0625. The summed E-state index contributed by atoms with van der Waals surface area (Å²) in [5.41, 5.74) is 5.14. The van der Waals surface area contributed by atoms with Crippen LogP contribution in [0.2, 0.25) is 5.02 Å². The summed E-state index contributed by atoms with van der Waals surface area (Å²) in [6.45, 7) is 4.97. The first-order valence-electron chi connectivity index (χ1n) is 10.8. The van der Waals surface area contributed by atoms with Crippen molar-refractivity contribution >= 4 is 39.1 Å². The first-order valence-corrected chi connectivity index (χ1v) is 12.6.